The molecule has 65 heavy (non-hydrogen) atoms. The molecule has 2 aliphatic rings. The van der Waals surface area contributed by atoms with Crippen LogP contribution in [0.5, 0.6) is 0 Å². The number of rotatable bonds is 8. The zero-order valence-corrected chi connectivity index (χ0v) is 36.3. The summed E-state index contributed by atoms with van der Waals surface area (Å²) < 4.78 is 286. The van der Waals surface area contributed by atoms with Crippen LogP contribution in [0.15, 0.2) is 206 Å². The first-order valence-corrected chi connectivity index (χ1v) is 24.5. The van der Waals surface area contributed by atoms with E-state index in [0.717, 1.165) is 4.57 Å². The third kappa shape index (κ3) is 6.07. The number of benzene rings is 7. The summed E-state index contributed by atoms with van der Waals surface area (Å²) in [6, 6.07) is -30.1. The van der Waals surface area contributed by atoms with Crippen molar-refractivity contribution in [3.05, 3.63) is 211 Å². The van der Waals surface area contributed by atoms with Crippen molar-refractivity contribution in [2.75, 3.05) is 4.90 Å². The quantitative estimate of drug-likeness (QED) is 0.142. The van der Waals surface area contributed by atoms with Gasteiger partial charge in [-0.25, -0.2) is 0 Å². The SMILES string of the molecule is [2H]c1c([2H])c([2H])[c]([Ge]([c]2c([2H])c([2H])c([2H])c([2H])c2[2H])([c]2c([2H])c([2H])c([2H])c([2H])c2[2H])[c]2c([2H])c([2H])c([2H])c(-c3nc(-c4c([2H])c([2H])c([2H])c(-n5c6c([2H])c([2H])c([2H])c([2H])c6c6c([2H])c([2H])c([2H])c([2H])c65)c4[2H])nc(N4c5ncccc5C5(C)CCCCC45C)n3)c2[2H])c([2H])c1[2H]. The van der Waals surface area contributed by atoms with E-state index in [4.69, 9.17) is 40.5 Å². The zero-order valence-electron chi connectivity index (χ0n) is 65.2. The maximum absolute atomic E-state index is 10.7. The van der Waals surface area contributed by atoms with E-state index in [2.05, 4.69) is 0 Å². The molecule has 0 N–H and O–H groups in total. The van der Waals surface area contributed by atoms with Crippen molar-refractivity contribution in [1.82, 2.24) is 24.5 Å². The monoisotopic (exact) mass is 934 g/mol. The van der Waals surface area contributed by atoms with Crippen LogP contribution in [0.1, 0.15) is 87.6 Å². The number of fused-ring (bicyclic) bond motifs is 6. The third-order valence-electron chi connectivity index (χ3n) is 12.6. The summed E-state index contributed by atoms with van der Waals surface area (Å²) in [6.45, 7) is 3.84. The summed E-state index contributed by atoms with van der Waals surface area (Å²) in [7, 11) is 0. The summed E-state index contributed by atoms with van der Waals surface area (Å²) in [5.41, 5.74) is -5.09. The van der Waals surface area contributed by atoms with Gasteiger partial charge in [0, 0.05) is 0 Å². The summed E-state index contributed by atoms with van der Waals surface area (Å²) in [5.74, 6) is -2.01. The van der Waals surface area contributed by atoms with Gasteiger partial charge in [-0.15, -0.1) is 0 Å². The summed E-state index contributed by atoms with van der Waals surface area (Å²) in [4.78, 5) is 20.9. The number of hydrogen-bond donors (Lipinski definition) is 0. The van der Waals surface area contributed by atoms with E-state index in [9.17, 15) is 21.9 Å². The minimum absolute atomic E-state index is 0.222. The molecule has 0 spiro atoms. The Labute approximate surface area is 426 Å². The van der Waals surface area contributed by atoms with Crippen LogP contribution >= 0.6 is 0 Å². The molecular weight excluding hydrogens is 853 g/mol. The molecule has 3 aromatic heterocycles. The maximum atomic E-state index is 10.7. The fourth-order valence-electron chi connectivity index (χ4n) is 9.43. The first kappa shape index (κ1) is 18.7. The van der Waals surface area contributed by atoms with Crippen LogP contribution in [-0.4, -0.2) is 43.3 Å². The Kier molecular flexibility index (Phi) is 4.48. The van der Waals surface area contributed by atoms with Crippen LogP contribution in [-0.2, 0) is 5.41 Å². The second kappa shape index (κ2) is 15.5. The zero-order chi connectivity index (χ0) is 70.6. The summed E-state index contributed by atoms with van der Waals surface area (Å²) in [6.07, 6.45) is 3.67. The van der Waals surface area contributed by atoms with Crippen molar-refractivity contribution in [1.29, 1.82) is 0 Å². The standard InChI is InChI=1S/C58H48GeN6/c1-57-36-16-17-37-58(57,2)65(55-50(57)33-20-38-60-55)56-62-53(61-54(63-56)42-22-19-30-47(40-42)64-51-34-14-12-31-48(51)49-32-13-15-35-52(49)64)41-21-18-29-46(39-41)59(43-23-6-3-7-24-43,44-25-8-4-9-26-44)45-27-10-5-11-28-45/h3-15,18-35,38-40H,16-17,36-37H2,1-2H3/i3D,4D,5D,6D,7D,8D,9D,10D,11D,12D,13D,14D,15D,18D,19D,21D,22D,23D,24D,25D,26D,27D,28D,29D,30D,31D,32D,34D,35D,39D,40D. The van der Waals surface area contributed by atoms with Crippen molar-refractivity contribution in [2.45, 2.75) is 50.5 Å². The third-order valence-corrected chi connectivity index (χ3v) is 21.0. The predicted molar refractivity (Wildman–Crippen MR) is 269 cm³/mol. The van der Waals surface area contributed by atoms with E-state index < -0.39 is 285 Å². The molecule has 6 nitrogen and oxygen atoms in total. The van der Waals surface area contributed by atoms with Gasteiger partial charge < -0.3 is 0 Å². The molecule has 7 heteroatoms. The number of hydrogen-bond acceptors (Lipinski definition) is 5. The molecule has 12 rings (SSSR count). The van der Waals surface area contributed by atoms with Gasteiger partial charge in [0.05, 0.1) is 11.0 Å². The van der Waals surface area contributed by atoms with Crippen LogP contribution in [0.2, 0.25) is 0 Å². The summed E-state index contributed by atoms with van der Waals surface area (Å²) in [5, 5.41) is -0.970. The normalized spacial score (nSPS) is 24.8. The molecule has 4 heterocycles. The number of aromatic nitrogens is 5. The van der Waals surface area contributed by atoms with Crippen molar-refractivity contribution in [3.8, 4) is 28.5 Å². The molecule has 1 aliphatic heterocycles. The Balaban J connectivity index is 1.32. The molecule has 0 radical (unpaired) electrons. The van der Waals surface area contributed by atoms with Gasteiger partial charge in [-0.2, -0.15) is 0 Å². The average Bonchev–Trinajstić information content (AvgIpc) is 0.875. The van der Waals surface area contributed by atoms with E-state index in [0.29, 0.717) is 31.2 Å². The van der Waals surface area contributed by atoms with Crippen LogP contribution in [0.3, 0.4) is 0 Å². The van der Waals surface area contributed by atoms with Crippen LogP contribution in [0, 0.1) is 0 Å². The molecule has 1 saturated carbocycles. The second-order valence-corrected chi connectivity index (χ2v) is 23.2. The van der Waals surface area contributed by atoms with Gasteiger partial charge in [0.1, 0.15) is 0 Å². The molecular formula is C58H48GeN6. The van der Waals surface area contributed by atoms with Gasteiger partial charge in [0.25, 0.3) is 0 Å². The molecule has 1 aliphatic carbocycles. The Morgan fingerprint density at radius 1 is 0.538 bits per heavy atom. The van der Waals surface area contributed by atoms with Crippen LogP contribution < -0.4 is 22.5 Å². The molecule has 1 fully saturated rings. The topological polar surface area (TPSA) is 59.7 Å². The van der Waals surface area contributed by atoms with E-state index >= 15 is 0 Å². The molecule has 2 atom stereocenters. The van der Waals surface area contributed by atoms with Gasteiger partial charge in [-0.05, 0) is 0 Å². The molecule has 314 valence electrons. The Bertz CT molecular complexity index is 4900. The molecule has 2 unspecified atom stereocenters. The Hall–Kier alpha value is -7.16. The average molecular weight is 933 g/mol. The van der Waals surface area contributed by atoms with E-state index in [1.165, 1.54) is 6.20 Å². The van der Waals surface area contributed by atoms with E-state index in [-0.39, 0.29) is 5.82 Å². The van der Waals surface area contributed by atoms with Crippen molar-refractivity contribution >= 4 is 64.4 Å². The minimum atomic E-state index is -7.43. The molecule has 10 aromatic rings. The van der Waals surface area contributed by atoms with Gasteiger partial charge in [-0.3, -0.25) is 0 Å². The van der Waals surface area contributed by atoms with Crippen LogP contribution in [0.25, 0.3) is 50.3 Å². The van der Waals surface area contributed by atoms with Crippen molar-refractivity contribution in [3.63, 3.8) is 0 Å². The number of para-hydroxylation sites is 2. The van der Waals surface area contributed by atoms with E-state index in [1.54, 1.807) is 11.0 Å². The Morgan fingerprint density at radius 2 is 1.06 bits per heavy atom. The molecule has 0 saturated heterocycles. The number of anilines is 2. The molecule has 0 bridgehead atoms. The van der Waals surface area contributed by atoms with Crippen molar-refractivity contribution in [2.24, 2.45) is 0 Å². The van der Waals surface area contributed by atoms with Gasteiger partial charge in [0.15, 0.2) is 0 Å². The molecule has 0 amide bonds. The number of pyridine rings is 1. The fourth-order valence-corrected chi connectivity index (χ4v) is 16.9. The summed E-state index contributed by atoms with van der Waals surface area (Å²) >= 11 is -7.43. The second-order valence-electron chi connectivity index (χ2n) is 15.8. The van der Waals surface area contributed by atoms with Gasteiger partial charge in [-0.1, -0.05) is 36.3 Å². The molecule has 7 aromatic carbocycles. The van der Waals surface area contributed by atoms with E-state index in [1.807, 2.05) is 19.9 Å². The Morgan fingerprint density at radius 3 is 1.68 bits per heavy atom. The number of nitrogens with zero attached hydrogens (tertiary/aromatic N) is 6. The first-order valence-electron chi connectivity index (χ1n) is 35.8. The first-order chi connectivity index (χ1) is 44.9. The van der Waals surface area contributed by atoms with Crippen molar-refractivity contribution < 1.29 is 42.5 Å². The predicted octanol–water partition coefficient (Wildman–Crippen LogP) is 10.8. The van der Waals surface area contributed by atoms with Crippen LogP contribution in [0.4, 0.5) is 11.8 Å². The van der Waals surface area contributed by atoms with Gasteiger partial charge in [0.2, 0.25) is 0 Å². The van der Waals surface area contributed by atoms with Gasteiger partial charge >= 0.3 is 379 Å². The fraction of sp³-hybridized carbons (Fsp3) is 0.138.